The number of alkyl halides is 1. The molecule has 5 heteroatoms. The molecule has 0 saturated carbocycles. The Balaban J connectivity index is 2.49. The zero-order chi connectivity index (χ0) is 13.6. The molecule has 0 radical (unpaired) electrons. The molecule has 0 saturated heterocycles. The molecule has 1 aromatic rings. The molecule has 102 valence electrons. The van der Waals surface area contributed by atoms with Gasteiger partial charge in [-0.05, 0) is 19.4 Å². The molecule has 18 heavy (non-hydrogen) atoms. The van der Waals surface area contributed by atoms with E-state index in [0.717, 1.165) is 16.9 Å². The first-order valence-electron chi connectivity index (χ1n) is 5.97. The topological polar surface area (TPSA) is 43.4 Å². The highest BCUT2D eigenvalue weighted by Gasteiger charge is 2.08. The maximum atomic E-state index is 11.3. The minimum Gasteiger partial charge on any atom is -0.493 e. The van der Waals surface area contributed by atoms with Crippen LogP contribution in [0.5, 0.6) is 5.75 Å². The van der Waals surface area contributed by atoms with E-state index in [1.165, 1.54) is 0 Å². The van der Waals surface area contributed by atoms with E-state index in [1.54, 1.807) is 6.92 Å². The number of aryl methyl sites for hydroxylation is 1. The Bertz CT molecular complexity index is 483. The average molecular weight is 291 g/mol. The largest absolute Gasteiger partial charge is 0.493 e. The molecule has 0 aromatic heterocycles. The van der Waals surface area contributed by atoms with Crippen molar-refractivity contribution in [3.8, 4) is 5.75 Å². The third kappa shape index (κ3) is 4.86. The summed E-state index contributed by atoms with van der Waals surface area (Å²) in [7, 11) is -2.90. The number of halogens is 1. The zero-order valence-corrected chi connectivity index (χ0v) is 12.4. The first kappa shape index (κ1) is 15.3. The molecule has 0 aliphatic rings. The van der Waals surface area contributed by atoms with Crippen LogP contribution in [-0.2, 0) is 15.7 Å². The fraction of sp³-hybridized carbons (Fsp3) is 0.538. The monoisotopic (exact) mass is 290 g/mol. The lowest BCUT2D eigenvalue weighted by molar-refractivity contribution is 0.315. The van der Waals surface area contributed by atoms with Gasteiger partial charge in [-0.1, -0.05) is 24.6 Å². The Hall–Kier alpha value is -0.740. The smallest absolute Gasteiger partial charge is 0.150 e. The van der Waals surface area contributed by atoms with Gasteiger partial charge >= 0.3 is 0 Å². The van der Waals surface area contributed by atoms with Crippen molar-refractivity contribution in [2.24, 2.45) is 0 Å². The van der Waals surface area contributed by atoms with E-state index in [4.69, 9.17) is 16.3 Å². The fourth-order valence-corrected chi connectivity index (χ4v) is 2.61. The standard InChI is InChI=1S/C13H19ClO3S/c1-3-18(15,16)8-4-7-17-13-6-5-11(2)9-12(13)10-14/h5-6,9H,3-4,7-8,10H2,1-2H3. The molecule has 0 aliphatic carbocycles. The number of ether oxygens (including phenoxy) is 1. The Labute approximate surface area is 114 Å². The van der Waals surface area contributed by atoms with Crippen LogP contribution in [0, 0.1) is 6.92 Å². The molecule has 1 aromatic carbocycles. The Morgan fingerprint density at radius 1 is 1.33 bits per heavy atom. The van der Waals surface area contributed by atoms with Crippen molar-refractivity contribution in [2.45, 2.75) is 26.1 Å². The minimum absolute atomic E-state index is 0.172. The number of hydrogen-bond acceptors (Lipinski definition) is 3. The van der Waals surface area contributed by atoms with Gasteiger partial charge in [-0.3, -0.25) is 0 Å². The van der Waals surface area contributed by atoms with Gasteiger partial charge in [0.1, 0.15) is 15.6 Å². The normalized spacial score (nSPS) is 11.5. The zero-order valence-electron chi connectivity index (χ0n) is 10.8. The van der Waals surface area contributed by atoms with Gasteiger partial charge < -0.3 is 4.74 Å². The molecule has 1 rings (SSSR count). The molecule has 0 atom stereocenters. The van der Waals surface area contributed by atoms with Gasteiger partial charge in [0.2, 0.25) is 0 Å². The van der Waals surface area contributed by atoms with Crippen molar-refractivity contribution >= 4 is 21.4 Å². The second-order valence-corrected chi connectivity index (χ2v) is 6.92. The van der Waals surface area contributed by atoms with Crippen LogP contribution in [-0.4, -0.2) is 26.5 Å². The lowest BCUT2D eigenvalue weighted by Gasteiger charge is -2.10. The molecule has 0 spiro atoms. The number of hydrogen-bond donors (Lipinski definition) is 0. The van der Waals surface area contributed by atoms with E-state index in [1.807, 2.05) is 25.1 Å². The van der Waals surface area contributed by atoms with Crippen LogP contribution >= 0.6 is 11.6 Å². The highest BCUT2D eigenvalue weighted by atomic mass is 35.5. The van der Waals surface area contributed by atoms with Gasteiger partial charge in [0.05, 0.1) is 18.2 Å². The maximum Gasteiger partial charge on any atom is 0.150 e. The highest BCUT2D eigenvalue weighted by Crippen LogP contribution is 2.21. The molecule has 0 unspecified atom stereocenters. The highest BCUT2D eigenvalue weighted by molar-refractivity contribution is 7.91. The summed E-state index contributed by atoms with van der Waals surface area (Å²) in [5.74, 6) is 1.49. The minimum atomic E-state index is -2.90. The third-order valence-corrected chi connectivity index (χ3v) is 4.74. The predicted molar refractivity (Wildman–Crippen MR) is 75.2 cm³/mol. The van der Waals surface area contributed by atoms with Crippen molar-refractivity contribution in [3.63, 3.8) is 0 Å². The summed E-state index contributed by atoms with van der Waals surface area (Å²) in [6.07, 6.45) is 0.506. The van der Waals surface area contributed by atoms with Crippen molar-refractivity contribution in [2.75, 3.05) is 18.1 Å². The van der Waals surface area contributed by atoms with E-state index in [2.05, 4.69) is 0 Å². The number of rotatable bonds is 7. The lowest BCUT2D eigenvalue weighted by atomic mass is 10.1. The maximum absolute atomic E-state index is 11.3. The fourth-order valence-electron chi connectivity index (χ4n) is 1.56. The van der Waals surface area contributed by atoms with E-state index >= 15 is 0 Å². The van der Waals surface area contributed by atoms with E-state index in [0.29, 0.717) is 18.9 Å². The number of benzene rings is 1. The predicted octanol–water partition coefficient (Wildman–Crippen LogP) is 2.94. The van der Waals surface area contributed by atoms with Crippen LogP contribution in [0.3, 0.4) is 0 Å². The van der Waals surface area contributed by atoms with E-state index in [-0.39, 0.29) is 11.5 Å². The van der Waals surface area contributed by atoms with Gasteiger partial charge in [0.25, 0.3) is 0 Å². The van der Waals surface area contributed by atoms with E-state index in [9.17, 15) is 8.42 Å². The van der Waals surface area contributed by atoms with Crippen LogP contribution < -0.4 is 4.74 Å². The van der Waals surface area contributed by atoms with Gasteiger partial charge in [-0.2, -0.15) is 0 Å². The molecule has 0 N–H and O–H groups in total. The summed E-state index contributed by atoms with van der Waals surface area (Å²) in [5.41, 5.74) is 2.07. The van der Waals surface area contributed by atoms with Crippen molar-refractivity contribution in [1.82, 2.24) is 0 Å². The van der Waals surface area contributed by atoms with Gasteiger partial charge in [-0.25, -0.2) is 8.42 Å². The summed E-state index contributed by atoms with van der Waals surface area (Å²) in [4.78, 5) is 0. The summed E-state index contributed by atoms with van der Waals surface area (Å²) in [6, 6.07) is 5.81. The second kappa shape index (κ2) is 7.00. The molecule has 0 heterocycles. The summed E-state index contributed by atoms with van der Waals surface area (Å²) in [5, 5.41) is 0. The summed E-state index contributed by atoms with van der Waals surface area (Å²) >= 11 is 5.84. The third-order valence-electron chi connectivity index (χ3n) is 2.66. The molecule has 0 amide bonds. The molecular formula is C13H19ClO3S. The van der Waals surface area contributed by atoms with Gasteiger partial charge in [0.15, 0.2) is 0 Å². The SMILES string of the molecule is CCS(=O)(=O)CCCOc1ccc(C)cc1CCl. The average Bonchev–Trinajstić information content (AvgIpc) is 2.36. The van der Waals surface area contributed by atoms with Crippen LogP contribution in [0.25, 0.3) is 0 Å². The first-order valence-corrected chi connectivity index (χ1v) is 8.33. The summed E-state index contributed by atoms with van der Waals surface area (Å²) < 4.78 is 28.2. The Morgan fingerprint density at radius 3 is 2.67 bits per heavy atom. The number of sulfone groups is 1. The molecule has 0 fully saturated rings. The van der Waals surface area contributed by atoms with Crippen LogP contribution in [0.1, 0.15) is 24.5 Å². The molecular weight excluding hydrogens is 272 g/mol. The van der Waals surface area contributed by atoms with Crippen LogP contribution in [0.4, 0.5) is 0 Å². The van der Waals surface area contributed by atoms with Crippen molar-refractivity contribution in [1.29, 1.82) is 0 Å². The van der Waals surface area contributed by atoms with Gasteiger partial charge in [0, 0.05) is 11.3 Å². The van der Waals surface area contributed by atoms with Crippen LogP contribution in [0.15, 0.2) is 18.2 Å². The first-order chi connectivity index (χ1) is 8.48. The van der Waals surface area contributed by atoms with Crippen molar-refractivity contribution in [3.05, 3.63) is 29.3 Å². The molecule has 0 bridgehead atoms. The Kier molecular flexibility index (Phi) is 5.96. The quantitative estimate of drug-likeness (QED) is 0.573. The molecule has 3 nitrogen and oxygen atoms in total. The van der Waals surface area contributed by atoms with Crippen LogP contribution in [0.2, 0.25) is 0 Å². The Morgan fingerprint density at radius 2 is 2.06 bits per heavy atom. The second-order valence-electron chi connectivity index (χ2n) is 4.18. The van der Waals surface area contributed by atoms with Crippen molar-refractivity contribution < 1.29 is 13.2 Å². The van der Waals surface area contributed by atoms with Gasteiger partial charge in [-0.15, -0.1) is 11.6 Å². The molecule has 0 aliphatic heterocycles. The summed E-state index contributed by atoms with van der Waals surface area (Å²) in [6.45, 7) is 4.04. The lowest BCUT2D eigenvalue weighted by Crippen LogP contribution is -2.12. The van der Waals surface area contributed by atoms with E-state index < -0.39 is 9.84 Å².